The van der Waals surface area contributed by atoms with Crippen molar-refractivity contribution in [2.45, 2.75) is 27.2 Å². The van der Waals surface area contributed by atoms with Crippen molar-refractivity contribution in [2.24, 2.45) is 5.92 Å². The van der Waals surface area contributed by atoms with E-state index in [2.05, 4.69) is 4.74 Å². The molecule has 22 heavy (non-hydrogen) atoms. The van der Waals surface area contributed by atoms with E-state index in [4.69, 9.17) is 4.74 Å². The Balaban J connectivity index is 2.86. The Morgan fingerprint density at radius 3 is 2.05 bits per heavy atom. The summed E-state index contributed by atoms with van der Waals surface area (Å²) in [4.78, 5) is 46.1. The second-order valence-corrected chi connectivity index (χ2v) is 5.18. The lowest BCUT2D eigenvalue weighted by Crippen LogP contribution is -2.19. The number of carbonyl (C=O) groups is 4. The number of ether oxygens (including phenoxy) is 2. The Morgan fingerprint density at radius 2 is 1.55 bits per heavy atom. The van der Waals surface area contributed by atoms with Crippen LogP contribution in [0.15, 0.2) is 24.3 Å². The molecule has 0 spiro atoms. The topological polar surface area (TPSA) is 86.7 Å². The summed E-state index contributed by atoms with van der Waals surface area (Å²) < 4.78 is 9.62. The molecule has 0 aromatic heterocycles. The average molecular weight is 306 g/mol. The van der Waals surface area contributed by atoms with Crippen molar-refractivity contribution in [2.75, 3.05) is 6.61 Å². The van der Waals surface area contributed by atoms with E-state index < -0.39 is 30.1 Å². The lowest BCUT2D eigenvalue weighted by Gasteiger charge is -2.10. The number of benzene rings is 1. The standard InChI is InChI=1S/C16H18O6/c1-10(2)9-21-15(19)12-6-4-5-7-13(12)16(20)22-14(18)8-11(3)17/h4-7,10H,8-9H2,1-3H3. The molecule has 0 radical (unpaired) electrons. The minimum atomic E-state index is -0.983. The fraction of sp³-hybridized carbons (Fsp3) is 0.375. The molecule has 1 rings (SSSR count). The molecule has 6 nitrogen and oxygen atoms in total. The molecule has 0 aliphatic carbocycles. The van der Waals surface area contributed by atoms with Gasteiger partial charge in [0.05, 0.1) is 17.7 Å². The molecule has 0 unspecified atom stereocenters. The highest BCUT2D eigenvalue weighted by atomic mass is 16.6. The highest BCUT2D eigenvalue weighted by Crippen LogP contribution is 2.13. The van der Waals surface area contributed by atoms with Crippen molar-refractivity contribution in [3.8, 4) is 0 Å². The summed E-state index contributed by atoms with van der Waals surface area (Å²) in [6, 6.07) is 5.87. The Hall–Kier alpha value is -2.50. The molecule has 0 heterocycles. The SMILES string of the molecule is CC(=O)CC(=O)OC(=O)c1ccccc1C(=O)OCC(C)C. The van der Waals surface area contributed by atoms with Crippen molar-refractivity contribution < 1.29 is 28.7 Å². The van der Waals surface area contributed by atoms with Gasteiger partial charge in [0.2, 0.25) is 0 Å². The molecular weight excluding hydrogens is 288 g/mol. The Labute approximate surface area is 128 Å². The first kappa shape index (κ1) is 17.6. The molecule has 118 valence electrons. The van der Waals surface area contributed by atoms with Gasteiger partial charge in [-0.25, -0.2) is 9.59 Å². The minimum Gasteiger partial charge on any atom is -0.462 e. The number of Topliss-reactive ketones (excluding diaryl/α,β-unsaturated/α-hetero) is 1. The predicted octanol–water partition coefficient (Wildman–Crippen LogP) is 2.16. The first-order valence-corrected chi connectivity index (χ1v) is 6.81. The molecule has 0 saturated heterocycles. The molecular formula is C16H18O6. The summed E-state index contributed by atoms with van der Waals surface area (Å²) in [5.41, 5.74) is -0.0584. The molecule has 0 amide bonds. The quantitative estimate of drug-likeness (QED) is 0.591. The number of ketones is 1. The fourth-order valence-electron chi connectivity index (χ4n) is 1.56. The lowest BCUT2D eigenvalue weighted by atomic mass is 10.1. The third kappa shape index (κ3) is 5.47. The summed E-state index contributed by atoms with van der Waals surface area (Å²) in [6.07, 6.45) is -0.494. The van der Waals surface area contributed by atoms with Crippen LogP contribution >= 0.6 is 0 Å². The van der Waals surface area contributed by atoms with Crippen LogP contribution in [0.5, 0.6) is 0 Å². The van der Waals surface area contributed by atoms with Gasteiger partial charge in [0.25, 0.3) is 0 Å². The van der Waals surface area contributed by atoms with Crippen LogP contribution in [0, 0.1) is 5.92 Å². The zero-order valence-electron chi connectivity index (χ0n) is 12.8. The van der Waals surface area contributed by atoms with Gasteiger partial charge in [-0.3, -0.25) is 9.59 Å². The molecule has 0 aliphatic rings. The van der Waals surface area contributed by atoms with Gasteiger partial charge in [-0.2, -0.15) is 0 Å². The van der Waals surface area contributed by atoms with E-state index in [1.807, 2.05) is 13.8 Å². The van der Waals surface area contributed by atoms with Crippen LogP contribution in [0.2, 0.25) is 0 Å². The van der Waals surface area contributed by atoms with Gasteiger partial charge in [-0.05, 0) is 25.0 Å². The zero-order valence-corrected chi connectivity index (χ0v) is 12.8. The van der Waals surface area contributed by atoms with Gasteiger partial charge in [-0.15, -0.1) is 0 Å². The lowest BCUT2D eigenvalue weighted by molar-refractivity contribution is -0.140. The van der Waals surface area contributed by atoms with Crippen LogP contribution < -0.4 is 0 Å². The largest absolute Gasteiger partial charge is 0.462 e. The van der Waals surface area contributed by atoms with E-state index in [9.17, 15) is 19.2 Å². The molecule has 0 atom stereocenters. The third-order valence-electron chi connectivity index (χ3n) is 2.51. The van der Waals surface area contributed by atoms with Crippen molar-refractivity contribution in [1.82, 2.24) is 0 Å². The Morgan fingerprint density at radius 1 is 1.00 bits per heavy atom. The molecule has 0 N–H and O–H groups in total. The fourth-order valence-corrected chi connectivity index (χ4v) is 1.56. The predicted molar refractivity (Wildman–Crippen MR) is 77.3 cm³/mol. The Kier molecular flexibility index (Phi) is 6.44. The second kappa shape index (κ2) is 8.07. The van der Waals surface area contributed by atoms with E-state index in [1.54, 1.807) is 6.07 Å². The first-order chi connectivity index (χ1) is 10.3. The van der Waals surface area contributed by atoms with Crippen molar-refractivity contribution in [3.05, 3.63) is 35.4 Å². The van der Waals surface area contributed by atoms with E-state index in [0.29, 0.717) is 0 Å². The number of rotatable bonds is 6. The third-order valence-corrected chi connectivity index (χ3v) is 2.51. The van der Waals surface area contributed by atoms with Crippen LogP contribution in [0.4, 0.5) is 0 Å². The molecule has 0 fully saturated rings. The van der Waals surface area contributed by atoms with Gasteiger partial charge < -0.3 is 9.47 Å². The summed E-state index contributed by atoms with van der Waals surface area (Å²) in [5, 5.41) is 0. The van der Waals surface area contributed by atoms with Crippen molar-refractivity contribution in [1.29, 1.82) is 0 Å². The van der Waals surface area contributed by atoms with Crippen LogP contribution in [0.25, 0.3) is 0 Å². The van der Waals surface area contributed by atoms with Gasteiger partial charge >= 0.3 is 17.9 Å². The average Bonchev–Trinajstić information content (AvgIpc) is 2.43. The summed E-state index contributed by atoms with van der Waals surface area (Å²) >= 11 is 0. The number of hydrogen-bond donors (Lipinski definition) is 0. The monoisotopic (exact) mass is 306 g/mol. The smallest absolute Gasteiger partial charge is 0.346 e. The van der Waals surface area contributed by atoms with Gasteiger partial charge in [0, 0.05) is 0 Å². The normalized spacial score (nSPS) is 10.2. The maximum absolute atomic E-state index is 12.0. The molecule has 6 heteroatoms. The van der Waals surface area contributed by atoms with Gasteiger partial charge in [0.15, 0.2) is 0 Å². The minimum absolute atomic E-state index is 0.0174. The van der Waals surface area contributed by atoms with Crippen LogP contribution in [-0.2, 0) is 19.1 Å². The summed E-state index contributed by atoms with van der Waals surface area (Å²) in [6.45, 7) is 5.19. The first-order valence-electron chi connectivity index (χ1n) is 6.81. The molecule has 0 aliphatic heterocycles. The highest BCUT2D eigenvalue weighted by Gasteiger charge is 2.21. The van der Waals surface area contributed by atoms with E-state index in [0.717, 1.165) is 0 Å². The maximum Gasteiger partial charge on any atom is 0.346 e. The maximum atomic E-state index is 12.0. The summed E-state index contributed by atoms with van der Waals surface area (Å²) in [7, 11) is 0. The highest BCUT2D eigenvalue weighted by molar-refractivity contribution is 6.07. The molecule has 0 saturated carbocycles. The van der Waals surface area contributed by atoms with E-state index in [-0.39, 0.29) is 23.7 Å². The van der Waals surface area contributed by atoms with E-state index in [1.165, 1.54) is 25.1 Å². The molecule has 1 aromatic rings. The Bertz CT molecular complexity index is 588. The molecule has 0 bridgehead atoms. The van der Waals surface area contributed by atoms with Crippen LogP contribution in [0.3, 0.4) is 0 Å². The van der Waals surface area contributed by atoms with Gasteiger partial charge in [-0.1, -0.05) is 26.0 Å². The van der Waals surface area contributed by atoms with Crippen molar-refractivity contribution >= 4 is 23.7 Å². The van der Waals surface area contributed by atoms with Crippen molar-refractivity contribution in [3.63, 3.8) is 0 Å². The molecule has 1 aromatic carbocycles. The second-order valence-electron chi connectivity index (χ2n) is 5.18. The summed E-state index contributed by atoms with van der Waals surface area (Å²) in [5.74, 6) is -2.87. The van der Waals surface area contributed by atoms with Crippen LogP contribution in [0.1, 0.15) is 47.9 Å². The van der Waals surface area contributed by atoms with Crippen LogP contribution in [-0.4, -0.2) is 30.3 Å². The van der Waals surface area contributed by atoms with E-state index >= 15 is 0 Å². The number of carbonyl (C=O) groups excluding carboxylic acids is 4. The zero-order chi connectivity index (χ0) is 16.7. The number of esters is 3. The van der Waals surface area contributed by atoms with Gasteiger partial charge in [0.1, 0.15) is 12.2 Å². The number of hydrogen-bond acceptors (Lipinski definition) is 6.